The third kappa shape index (κ3) is 28.1. The van der Waals surface area contributed by atoms with Crippen LogP contribution in [-0.2, 0) is 9.47 Å². The van der Waals surface area contributed by atoms with Gasteiger partial charge in [0.1, 0.15) is 0 Å². The van der Waals surface area contributed by atoms with Gasteiger partial charge in [-0.25, -0.2) is 0 Å². The first-order chi connectivity index (χ1) is 10.3. The second kappa shape index (κ2) is 17.3. The highest BCUT2D eigenvalue weighted by Crippen LogP contribution is 2.06. The van der Waals surface area contributed by atoms with E-state index in [0.717, 1.165) is 37.6 Å². The van der Waals surface area contributed by atoms with E-state index in [1.54, 1.807) is 0 Å². The predicted molar refractivity (Wildman–Crippen MR) is 99.5 cm³/mol. The second-order valence-corrected chi connectivity index (χ2v) is 7.79. The van der Waals surface area contributed by atoms with Crippen LogP contribution in [-0.4, -0.2) is 25.9 Å². The van der Waals surface area contributed by atoms with Crippen molar-refractivity contribution in [2.75, 3.05) is 19.8 Å². The largest absolute Gasteiger partial charge is 0.381 e. The molecule has 0 fully saturated rings. The molecular formula is C20H44O2. The molecule has 0 aromatic carbocycles. The fourth-order valence-corrected chi connectivity index (χ4v) is 1.71. The van der Waals surface area contributed by atoms with Crippen LogP contribution in [0.5, 0.6) is 0 Å². The zero-order chi connectivity index (χ0) is 17.4. The molecule has 0 unspecified atom stereocenters. The van der Waals surface area contributed by atoms with Gasteiger partial charge in [-0.05, 0) is 50.9 Å². The van der Waals surface area contributed by atoms with Crippen molar-refractivity contribution in [1.82, 2.24) is 0 Å². The standard InChI is InChI=1S/2C10H22O/c1-9(2)5-7-11-8-6-10(3)4;1-9(2)7-5-6-8-11-10(3)4/h2*9-10H,5-8H2,1-4H3. The average molecular weight is 317 g/mol. The highest BCUT2D eigenvalue weighted by Gasteiger charge is 1.96. The molecule has 0 rings (SSSR count). The fourth-order valence-electron chi connectivity index (χ4n) is 1.71. The van der Waals surface area contributed by atoms with Crippen molar-refractivity contribution < 1.29 is 9.47 Å². The van der Waals surface area contributed by atoms with Crippen molar-refractivity contribution in [1.29, 1.82) is 0 Å². The molecule has 0 aliphatic heterocycles. The Morgan fingerprint density at radius 2 is 1.00 bits per heavy atom. The van der Waals surface area contributed by atoms with Crippen LogP contribution < -0.4 is 0 Å². The molecule has 22 heavy (non-hydrogen) atoms. The molecule has 0 spiro atoms. The molecule has 0 heterocycles. The highest BCUT2D eigenvalue weighted by atomic mass is 16.5. The van der Waals surface area contributed by atoms with Gasteiger partial charge in [0.15, 0.2) is 0 Å². The van der Waals surface area contributed by atoms with E-state index in [1.165, 1.54) is 32.1 Å². The Balaban J connectivity index is 0. The minimum atomic E-state index is 0.397. The van der Waals surface area contributed by atoms with E-state index < -0.39 is 0 Å². The monoisotopic (exact) mass is 316 g/mol. The van der Waals surface area contributed by atoms with Gasteiger partial charge in [-0.2, -0.15) is 0 Å². The van der Waals surface area contributed by atoms with E-state index in [1.807, 2.05) is 0 Å². The third-order valence-corrected chi connectivity index (χ3v) is 3.31. The summed E-state index contributed by atoms with van der Waals surface area (Å²) in [4.78, 5) is 0. The van der Waals surface area contributed by atoms with Crippen LogP contribution in [0.3, 0.4) is 0 Å². The lowest BCUT2D eigenvalue weighted by atomic mass is 10.1. The quantitative estimate of drug-likeness (QED) is 0.391. The normalized spacial score (nSPS) is 11.5. The van der Waals surface area contributed by atoms with Crippen LogP contribution >= 0.6 is 0 Å². The second-order valence-electron chi connectivity index (χ2n) is 7.79. The van der Waals surface area contributed by atoms with Crippen LogP contribution in [0.25, 0.3) is 0 Å². The van der Waals surface area contributed by atoms with Crippen molar-refractivity contribution in [3.05, 3.63) is 0 Å². The summed E-state index contributed by atoms with van der Waals surface area (Å²) < 4.78 is 10.9. The summed E-state index contributed by atoms with van der Waals surface area (Å²) in [6.07, 6.45) is 6.65. The van der Waals surface area contributed by atoms with Gasteiger partial charge in [-0.3, -0.25) is 0 Å². The fraction of sp³-hybridized carbons (Fsp3) is 1.00. The molecule has 0 aliphatic rings. The summed E-state index contributed by atoms with van der Waals surface area (Å²) in [6, 6.07) is 0. The molecule has 2 heteroatoms. The molecular weight excluding hydrogens is 272 g/mol. The first kappa shape index (κ1) is 24.2. The Morgan fingerprint density at radius 1 is 0.545 bits per heavy atom. The maximum Gasteiger partial charge on any atom is 0.0518 e. The Morgan fingerprint density at radius 3 is 1.36 bits per heavy atom. The topological polar surface area (TPSA) is 18.5 Å². The van der Waals surface area contributed by atoms with Crippen LogP contribution in [0.2, 0.25) is 0 Å². The van der Waals surface area contributed by atoms with E-state index in [9.17, 15) is 0 Å². The Hall–Kier alpha value is -0.0800. The minimum Gasteiger partial charge on any atom is -0.381 e. The summed E-state index contributed by atoms with van der Waals surface area (Å²) in [5, 5.41) is 0. The highest BCUT2D eigenvalue weighted by molar-refractivity contribution is 4.47. The van der Waals surface area contributed by atoms with Gasteiger partial charge < -0.3 is 9.47 Å². The van der Waals surface area contributed by atoms with Gasteiger partial charge in [0.05, 0.1) is 6.10 Å². The SMILES string of the molecule is CC(C)CCCCOC(C)C.CC(C)CCOCCC(C)C. The van der Waals surface area contributed by atoms with Crippen LogP contribution in [0.4, 0.5) is 0 Å². The van der Waals surface area contributed by atoms with Crippen LogP contribution in [0.15, 0.2) is 0 Å². The molecule has 0 saturated heterocycles. The lowest BCUT2D eigenvalue weighted by Gasteiger charge is -2.07. The van der Waals surface area contributed by atoms with Gasteiger partial charge in [0, 0.05) is 19.8 Å². The maximum atomic E-state index is 5.46. The molecule has 0 N–H and O–H groups in total. The van der Waals surface area contributed by atoms with Crippen LogP contribution in [0.1, 0.15) is 87.5 Å². The van der Waals surface area contributed by atoms with Gasteiger partial charge in [0.2, 0.25) is 0 Å². The third-order valence-electron chi connectivity index (χ3n) is 3.31. The molecule has 2 nitrogen and oxygen atoms in total. The van der Waals surface area contributed by atoms with E-state index >= 15 is 0 Å². The van der Waals surface area contributed by atoms with E-state index in [0.29, 0.717) is 6.10 Å². The van der Waals surface area contributed by atoms with E-state index in [2.05, 4.69) is 55.4 Å². The number of unbranched alkanes of at least 4 members (excludes halogenated alkanes) is 1. The van der Waals surface area contributed by atoms with Gasteiger partial charge in [0.25, 0.3) is 0 Å². The lowest BCUT2D eigenvalue weighted by molar-refractivity contribution is 0.0753. The minimum absolute atomic E-state index is 0.397. The molecule has 0 aliphatic carbocycles. The molecule has 0 aromatic heterocycles. The molecule has 0 atom stereocenters. The van der Waals surface area contributed by atoms with Crippen LogP contribution in [0, 0.1) is 17.8 Å². The molecule has 0 amide bonds. The molecule has 0 aromatic rings. The van der Waals surface area contributed by atoms with Gasteiger partial charge in [-0.1, -0.05) is 54.4 Å². The summed E-state index contributed by atoms with van der Waals surface area (Å²) >= 11 is 0. The van der Waals surface area contributed by atoms with Gasteiger partial charge >= 0.3 is 0 Å². The summed E-state index contributed by atoms with van der Waals surface area (Å²) in [7, 11) is 0. The van der Waals surface area contributed by atoms with Crippen molar-refractivity contribution >= 4 is 0 Å². The van der Waals surface area contributed by atoms with E-state index in [4.69, 9.17) is 9.47 Å². The molecule has 0 radical (unpaired) electrons. The molecule has 0 bridgehead atoms. The smallest absolute Gasteiger partial charge is 0.0518 e. The van der Waals surface area contributed by atoms with E-state index in [-0.39, 0.29) is 0 Å². The number of hydrogen-bond acceptors (Lipinski definition) is 2. The first-order valence-electron chi connectivity index (χ1n) is 9.45. The lowest BCUT2D eigenvalue weighted by Crippen LogP contribution is -2.03. The zero-order valence-electron chi connectivity index (χ0n) is 16.8. The molecule has 0 saturated carbocycles. The van der Waals surface area contributed by atoms with Crippen molar-refractivity contribution in [2.45, 2.75) is 93.6 Å². The first-order valence-corrected chi connectivity index (χ1v) is 9.45. The molecule has 136 valence electrons. The number of rotatable bonds is 12. The Kier molecular flexibility index (Phi) is 19.0. The Bertz CT molecular complexity index is 156. The van der Waals surface area contributed by atoms with Gasteiger partial charge in [-0.15, -0.1) is 0 Å². The average Bonchev–Trinajstić information content (AvgIpc) is 2.37. The predicted octanol–water partition coefficient (Wildman–Crippen LogP) is 6.33. The Labute approximate surface area is 141 Å². The zero-order valence-corrected chi connectivity index (χ0v) is 16.8. The maximum absolute atomic E-state index is 5.46. The number of ether oxygens (including phenoxy) is 2. The summed E-state index contributed by atoms with van der Waals surface area (Å²) in [6.45, 7) is 20.4. The number of hydrogen-bond donors (Lipinski definition) is 0. The van der Waals surface area contributed by atoms with Crippen molar-refractivity contribution in [2.24, 2.45) is 17.8 Å². The van der Waals surface area contributed by atoms with Crippen molar-refractivity contribution in [3.8, 4) is 0 Å². The summed E-state index contributed by atoms with van der Waals surface area (Å²) in [5.41, 5.74) is 0. The summed E-state index contributed by atoms with van der Waals surface area (Å²) in [5.74, 6) is 2.39. The van der Waals surface area contributed by atoms with Crippen molar-refractivity contribution in [3.63, 3.8) is 0 Å².